The first-order valence-corrected chi connectivity index (χ1v) is 7.01. The van der Waals surface area contributed by atoms with Crippen LogP contribution in [-0.2, 0) is 4.43 Å². The van der Waals surface area contributed by atoms with Crippen molar-refractivity contribution in [1.29, 1.82) is 0 Å². The zero-order chi connectivity index (χ0) is 11.1. The zero-order valence-corrected chi connectivity index (χ0v) is 11.2. The molecule has 0 aliphatic carbocycles. The van der Waals surface area contributed by atoms with Crippen molar-refractivity contribution in [2.45, 2.75) is 45.7 Å². The van der Waals surface area contributed by atoms with E-state index in [1.54, 1.807) is 0 Å². The second kappa shape index (κ2) is 6.86. The van der Waals surface area contributed by atoms with E-state index in [1.807, 2.05) is 6.92 Å². The molecule has 0 aromatic rings. The van der Waals surface area contributed by atoms with Gasteiger partial charge in [0.25, 0.3) is 0 Å². The summed E-state index contributed by atoms with van der Waals surface area (Å²) in [4.78, 5) is 0. The van der Waals surface area contributed by atoms with Crippen molar-refractivity contribution >= 4 is 9.04 Å². The van der Waals surface area contributed by atoms with Gasteiger partial charge in [-0.05, 0) is 23.6 Å². The molecule has 0 unspecified atom stereocenters. The summed E-state index contributed by atoms with van der Waals surface area (Å²) in [5.74, 6) is 5.92. The van der Waals surface area contributed by atoms with E-state index in [0.29, 0.717) is 17.7 Å². The van der Waals surface area contributed by atoms with Crippen LogP contribution in [0.5, 0.6) is 0 Å². The lowest BCUT2D eigenvalue weighted by molar-refractivity contribution is 0.358. The first kappa shape index (κ1) is 13.5. The topological polar surface area (TPSA) is 9.23 Å². The van der Waals surface area contributed by atoms with Crippen molar-refractivity contribution in [3.8, 4) is 11.8 Å². The molecule has 0 atom stereocenters. The Bertz CT molecular complexity index is 224. The second-order valence-corrected chi connectivity index (χ2v) is 8.27. The highest BCUT2D eigenvalue weighted by Gasteiger charge is 2.19. The van der Waals surface area contributed by atoms with Crippen LogP contribution in [0.15, 0.2) is 12.2 Å². The summed E-state index contributed by atoms with van der Waals surface area (Å²) in [6.45, 7) is 15.2. The van der Waals surface area contributed by atoms with Crippen molar-refractivity contribution < 1.29 is 4.43 Å². The Morgan fingerprint density at radius 1 is 1.29 bits per heavy atom. The maximum atomic E-state index is 5.84. The molecular weight excluding hydrogens is 188 g/mol. The van der Waals surface area contributed by atoms with Gasteiger partial charge in [0.05, 0.1) is 6.61 Å². The predicted molar refractivity (Wildman–Crippen MR) is 65.9 cm³/mol. The van der Waals surface area contributed by atoms with Crippen molar-refractivity contribution in [2.75, 3.05) is 6.61 Å². The van der Waals surface area contributed by atoms with E-state index in [4.69, 9.17) is 4.43 Å². The number of rotatable bonds is 4. The number of hydrogen-bond acceptors (Lipinski definition) is 1. The summed E-state index contributed by atoms with van der Waals surface area (Å²) in [6.07, 6.45) is 0. The monoisotopic (exact) mass is 210 g/mol. The lowest BCUT2D eigenvalue weighted by Crippen LogP contribution is -2.25. The molecule has 0 rings (SSSR count). The van der Waals surface area contributed by atoms with Gasteiger partial charge >= 0.3 is 0 Å². The van der Waals surface area contributed by atoms with E-state index in [2.05, 4.69) is 46.1 Å². The molecule has 14 heavy (non-hydrogen) atoms. The molecule has 1 nitrogen and oxygen atoms in total. The number of hydrogen-bond donors (Lipinski definition) is 0. The Labute approximate surface area is 90.3 Å². The molecule has 80 valence electrons. The minimum atomic E-state index is -1.08. The molecule has 0 aliphatic heterocycles. The molecule has 0 aromatic carbocycles. The van der Waals surface area contributed by atoms with E-state index < -0.39 is 9.04 Å². The summed E-state index contributed by atoms with van der Waals surface area (Å²) in [6, 6.07) is 0. The van der Waals surface area contributed by atoms with Crippen LogP contribution >= 0.6 is 0 Å². The summed E-state index contributed by atoms with van der Waals surface area (Å²) < 4.78 is 5.84. The Morgan fingerprint density at radius 2 is 1.79 bits per heavy atom. The minimum absolute atomic E-state index is 0.570. The van der Waals surface area contributed by atoms with Gasteiger partial charge in [0.1, 0.15) is 0 Å². The highest BCUT2D eigenvalue weighted by Crippen LogP contribution is 2.20. The first-order chi connectivity index (χ1) is 6.45. The van der Waals surface area contributed by atoms with Crippen LogP contribution in [0.2, 0.25) is 11.1 Å². The Kier molecular flexibility index (Phi) is 6.60. The SMILES string of the molecule is C=C(C)C#CCO[SiH](C(C)C)C(C)C. The van der Waals surface area contributed by atoms with E-state index >= 15 is 0 Å². The molecule has 0 bridgehead atoms. The van der Waals surface area contributed by atoms with Crippen molar-refractivity contribution in [2.24, 2.45) is 0 Å². The van der Waals surface area contributed by atoms with Crippen molar-refractivity contribution in [3.63, 3.8) is 0 Å². The van der Waals surface area contributed by atoms with E-state index in [-0.39, 0.29) is 0 Å². The maximum absolute atomic E-state index is 5.84. The van der Waals surface area contributed by atoms with Crippen LogP contribution in [0.1, 0.15) is 34.6 Å². The molecule has 0 saturated carbocycles. The summed E-state index contributed by atoms with van der Waals surface area (Å²) in [5, 5.41) is 0. The largest absolute Gasteiger partial charge is 0.409 e. The fourth-order valence-electron chi connectivity index (χ4n) is 1.48. The van der Waals surface area contributed by atoms with Gasteiger partial charge in [0.15, 0.2) is 9.04 Å². The summed E-state index contributed by atoms with van der Waals surface area (Å²) in [5.41, 5.74) is 2.27. The standard InChI is InChI=1S/C12H22OSi/c1-10(2)8-7-9-13-14(11(3)4)12(5)6/h11-12,14H,1,9H2,2-6H3. The van der Waals surface area contributed by atoms with Gasteiger partial charge in [0, 0.05) is 0 Å². The van der Waals surface area contributed by atoms with Crippen LogP contribution < -0.4 is 0 Å². The third-order valence-electron chi connectivity index (χ3n) is 1.96. The highest BCUT2D eigenvalue weighted by molar-refractivity contribution is 6.55. The smallest absolute Gasteiger partial charge is 0.183 e. The third kappa shape index (κ3) is 6.01. The van der Waals surface area contributed by atoms with Crippen molar-refractivity contribution in [3.05, 3.63) is 12.2 Å². The molecule has 0 saturated heterocycles. The third-order valence-corrected chi connectivity index (χ3v) is 5.14. The van der Waals surface area contributed by atoms with Gasteiger partial charge in [-0.15, -0.1) is 0 Å². The van der Waals surface area contributed by atoms with Gasteiger partial charge < -0.3 is 4.43 Å². The van der Waals surface area contributed by atoms with Crippen LogP contribution in [0.4, 0.5) is 0 Å². The predicted octanol–water partition coefficient (Wildman–Crippen LogP) is 3.13. The molecule has 0 N–H and O–H groups in total. The molecular formula is C12H22OSi. The fraction of sp³-hybridized carbons (Fsp3) is 0.667. The Hall–Kier alpha value is -0.523. The Morgan fingerprint density at radius 3 is 2.14 bits per heavy atom. The van der Waals surface area contributed by atoms with Gasteiger partial charge in [-0.1, -0.05) is 46.1 Å². The highest BCUT2D eigenvalue weighted by atomic mass is 28.3. The first-order valence-electron chi connectivity index (χ1n) is 5.21. The molecule has 0 spiro atoms. The van der Waals surface area contributed by atoms with E-state index in [1.165, 1.54) is 0 Å². The zero-order valence-electron chi connectivity index (χ0n) is 10.1. The lowest BCUT2D eigenvalue weighted by atomic mass is 10.4. The minimum Gasteiger partial charge on any atom is -0.409 e. The second-order valence-electron chi connectivity index (χ2n) is 4.35. The summed E-state index contributed by atoms with van der Waals surface area (Å²) >= 11 is 0. The van der Waals surface area contributed by atoms with Crippen LogP contribution in [0.3, 0.4) is 0 Å². The van der Waals surface area contributed by atoms with Gasteiger partial charge in [-0.25, -0.2) is 0 Å². The van der Waals surface area contributed by atoms with Crippen LogP contribution in [0, 0.1) is 11.8 Å². The van der Waals surface area contributed by atoms with Gasteiger partial charge in [-0.2, -0.15) is 0 Å². The molecule has 0 aliphatic rings. The molecule has 0 amide bonds. The Balaban J connectivity index is 3.97. The van der Waals surface area contributed by atoms with Gasteiger partial charge in [0.2, 0.25) is 0 Å². The average molecular weight is 210 g/mol. The summed E-state index contributed by atoms with van der Waals surface area (Å²) in [7, 11) is -1.08. The number of allylic oxidation sites excluding steroid dienone is 1. The van der Waals surface area contributed by atoms with Crippen LogP contribution in [0.25, 0.3) is 0 Å². The molecule has 0 fully saturated rings. The normalized spacial score (nSPS) is 10.6. The maximum Gasteiger partial charge on any atom is 0.183 e. The lowest BCUT2D eigenvalue weighted by Gasteiger charge is -2.21. The average Bonchev–Trinajstić information content (AvgIpc) is 2.01. The molecule has 0 aromatic heterocycles. The van der Waals surface area contributed by atoms with Gasteiger partial charge in [-0.3, -0.25) is 0 Å². The van der Waals surface area contributed by atoms with E-state index in [0.717, 1.165) is 5.57 Å². The van der Waals surface area contributed by atoms with Crippen molar-refractivity contribution in [1.82, 2.24) is 0 Å². The fourth-order valence-corrected chi connectivity index (χ4v) is 4.06. The van der Waals surface area contributed by atoms with E-state index in [9.17, 15) is 0 Å². The van der Waals surface area contributed by atoms with Crippen LogP contribution in [-0.4, -0.2) is 15.6 Å². The molecule has 2 heteroatoms. The molecule has 0 radical (unpaired) electrons. The quantitative estimate of drug-likeness (QED) is 0.512. The molecule has 0 heterocycles.